The van der Waals surface area contributed by atoms with Gasteiger partial charge in [-0.15, -0.1) is 0 Å². The molecule has 6 nitrogen and oxygen atoms in total. The van der Waals surface area contributed by atoms with Crippen LogP contribution in [0.25, 0.3) is 0 Å². The predicted octanol–water partition coefficient (Wildman–Crippen LogP) is 2.80. The summed E-state index contributed by atoms with van der Waals surface area (Å²) in [4.78, 5) is 12.7. The maximum absolute atomic E-state index is 12.7. The third kappa shape index (κ3) is 4.98. The van der Waals surface area contributed by atoms with E-state index < -0.39 is 16.1 Å². The second kappa shape index (κ2) is 7.37. The van der Waals surface area contributed by atoms with Crippen LogP contribution in [0.4, 0.5) is 11.4 Å². The van der Waals surface area contributed by atoms with Crippen molar-refractivity contribution in [1.29, 1.82) is 0 Å². The zero-order valence-electron chi connectivity index (χ0n) is 14.8. The summed E-state index contributed by atoms with van der Waals surface area (Å²) in [5.41, 5.74) is 2.82. The molecule has 1 fully saturated rings. The number of hydrogen-bond donors (Lipinski definition) is 3. The van der Waals surface area contributed by atoms with Crippen molar-refractivity contribution in [3.63, 3.8) is 0 Å². The van der Waals surface area contributed by atoms with Crippen molar-refractivity contribution in [2.24, 2.45) is 0 Å². The minimum Gasteiger partial charge on any atom is -0.370 e. The second-order valence-corrected chi connectivity index (χ2v) is 8.42. The molecular formula is C19H23N3O3S. The van der Waals surface area contributed by atoms with Gasteiger partial charge in [-0.05, 0) is 43.0 Å². The lowest BCUT2D eigenvalue weighted by Crippen LogP contribution is -2.34. The monoisotopic (exact) mass is 373 g/mol. The standard InChI is InChI=1S/C19H23N3O3S/c1-13-8-9-16(12-17(13)22-26(2,24)25)20-18(14-6-4-3-5-7-14)19(23)21-15-10-11-15/h3-9,12,15,18,20,22H,10-11H2,1-2H3,(H,21,23)/t18-/m1/s1. The molecule has 0 heterocycles. The summed E-state index contributed by atoms with van der Waals surface area (Å²) in [7, 11) is -3.38. The van der Waals surface area contributed by atoms with Gasteiger partial charge < -0.3 is 10.6 Å². The third-order valence-electron chi connectivity index (χ3n) is 4.16. The summed E-state index contributed by atoms with van der Waals surface area (Å²) < 4.78 is 25.6. The molecule has 3 N–H and O–H groups in total. The van der Waals surface area contributed by atoms with Crippen LogP contribution < -0.4 is 15.4 Å². The SMILES string of the molecule is Cc1ccc(N[C@@H](C(=O)NC2CC2)c2ccccc2)cc1NS(C)(=O)=O. The van der Waals surface area contributed by atoms with E-state index in [0.717, 1.165) is 30.2 Å². The Labute approximate surface area is 154 Å². The van der Waals surface area contributed by atoms with E-state index in [0.29, 0.717) is 11.4 Å². The molecule has 0 spiro atoms. The highest BCUT2D eigenvalue weighted by Crippen LogP contribution is 2.27. The van der Waals surface area contributed by atoms with Crippen LogP contribution in [0, 0.1) is 6.92 Å². The Morgan fingerprint density at radius 1 is 1.12 bits per heavy atom. The quantitative estimate of drug-likeness (QED) is 0.696. The summed E-state index contributed by atoms with van der Waals surface area (Å²) in [5.74, 6) is -0.0862. The molecule has 2 aromatic rings. The Kier molecular flexibility index (Phi) is 5.18. The highest BCUT2D eigenvalue weighted by Gasteiger charge is 2.28. The molecule has 1 aliphatic carbocycles. The van der Waals surface area contributed by atoms with Gasteiger partial charge in [0.15, 0.2) is 0 Å². The summed E-state index contributed by atoms with van der Waals surface area (Å²) >= 11 is 0. The van der Waals surface area contributed by atoms with Gasteiger partial charge in [-0.3, -0.25) is 9.52 Å². The highest BCUT2D eigenvalue weighted by molar-refractivity contribution is 7.92. The van der Waals surface area contributed by atoms with Crippen LogP contribution in [0.3, 0.4) is 0 Å². The zero-order chi connectivity index (χ0) is 18.7. The number of sulfonamides is 1. The van der Waals surface area contributed by atoms with Crippen LogP contribution in [0.1, 0.15) is 30.0 Å². The maximum atomic E-state index is 12.7. The number of aryl methyl sites for hydroxylation is 1. The molecule has 138 valence electrons. The fourth-order valence-corrected chi connectivity index (χ4v) is 3.27. The number of nitrogens with one attached hydrogen (secondary N) is 3. The van der Waals surface area contributed by atoms with E-state index in [1.54, 1.807) is 6.07 Å². The molecule has 0 unspecified atom stereocenters. The van der Waals surface area contributed by atoms with Crippen LogP contribution in [0.2, 0.25) is 0 Å². The Morgan fingerprint density at radius 3 is 2.42 bits per heavy atom. The van der Waals surface area contributed by atoms with Gasteiger partial charge in [0.1, 0.15) is 6.04 Å². The van der Waals surface area contributed by atoms with Crippen LogP contribution in [-0.2, 0) is 14.8 Å². The summed E-state index contributed by atoms with van der Waals surface area (Å²) in [6.45, 7) is 1.83. The fourth-order valence-electron chi connectivity index (χ4n) is 2.65. The lowest BCUT2D eigenvalue weighted by Gasteiger charge is -2.21. The van der Waals surface area contributed by atoms with E-state index in [2.05, 4.69) is 15.4 Å². The highest BCUT2D eigenvalue weighted by atomic mass is 32.2. The van der Waals surface area contributed by atoms with Crippen molar-refractivity contribution in [2.45, 2.75) is 31.8 Å². The van der Waals surface area contributed by atoms with E-state index in [1.807, 2.05) is 49.4 Å². The minimum absolute atomic E-state index is 0.0862. The van der Waals surface area contributed by atoms with Gasteiger partial charge in [-0.1, -0.05) is 36.4 Å². The van der Waals surface area contributed by atoms with Crippen molar-refractivity contribution >= 4 is 27.3 Å². The molecule has 3 rings (SSSR count). The molecule has 1 amide bonds. The molecule has 7 heteroatoms. The zero-order valence-corrected chi connectivity index (χ0v) is 15.6. The van der Waals surface area contributed by atoms with Crippen molar-refractivity contribution in [2.75, 3.05) is 16.3 Å². The first-order valence-corrected chi connectivity index (χ1v) is 10.4. The number of hydrogen-bond acceptors (Lipinski definition) is 4. The molecule has 2 aromatic carbocycles. The van der Waals surface area contributed by atoms with Crippen molar-refractivity contribution in [3.05, 3.63) is 59.7 Å². The third-order valence-corrected chi connectivity index (χ3v) is 4.75. The van der Waals surface area contributed by atoms with E-state index >= 15 is 0 Å². The number of amides is 1. The Balaban J connectivity index is 1.86. The van der Waals surface area contributed by atoms with Crippen LogP contribution >= 0.6 is 0 Å². The minimum atomic E-state index is -3.38. The summed E-state index contributed by atoms with van der Waals surface area (Å²) in [5, 5.41) is 6.26. The van der Waals surface area contributed by atoms with Crippen LogP contribution in [0.15, 0.2) is 48.5 Å². The van der Waals surface area contributed by atoms with Gasteiger partial charge >= 0.3 is 0 Å². The largest absolute Gasteiger partial charge is 0.370 e. The Bertz CT molecular complexity index is 894. The lowest BCUT2D eigenvalue weighted by atomic mass is 10.1. The molecule has 0 saturated heterocycles. The van der Waals surface area contributed by atoms with Crippen LogP contribution in [0.5, 0.6) is 0 Å². The molecule has 1 saturated carbocycles. The molecule has 1 atom stereocenters. The molecule has 0 aromatic heterocycles. The first-order valence-electron chi connectivity index (χ1n) is 8.52. The molecule has 0 radical (unpaired) electrons. The van der Waals surface area contributed by atoms with Crippen molar-refractivity contribution in [1.82, 2.24) is 5.32 Å². The van der Waals surface area contributed by atoms with Crippen molar-refractivity contribution < 1.29 is 13.2 Å². The van der Waals surface area contributed by atoms with E-state index in [4.69, 9.17) is 0 Å². The maximum Gasteiger partial charge on any atom is 0.247 e. The van der Waals surface area contributed by atoms with Gasteiger partial charge in [0.2, 0.25) is 15.9 Å². The number of carbonyl (C=O) groups is 1. The Morgan fingerprint density at radius 2 is 1.81 bits per heavy atom. The molecular weight excluding hydrogens is 350 g/mol. The normalized spacial score (nSPS) is 15.2. The summed E-state index contributed by atoms with van der Waals surface area (Å²) in [6.07, 6.45) is 3.14. The van der Waals surface area contributed by atoms with Gasteiger partial charge in [-0.25, -0.2) is 8.42 Å². The van der Waals surface area contributed by atoms with Gasteiger partial charge in [0, 0.05) is 11.7 Å². The number of rotatable bonds is 7. The molecule has 26 heavy (non-hydrogen) atoms. The first-order chi connectivity index (χ1) is 12.3. The fraction of sp³-hybridized carbons (Fsp3) is 0.316. The van der Waals surface area contributed by atoms with E-state index in [1.165, 1.54) is 0 Å². The van der Waals surface area contributed by atoms with E-state index in [-0.39, 0.29) is 11.9 Å². The topological polar surface area (TPSA) is 87.3 Å². The number of carbonyl (C=O) groups excluding carboxylic acids is 1. The number of benzene rings is 2. The average molecular weight is 373 g/mol. The Hall–Kier alpha value is -2.54. The van der Waals surface area contributed by atoms with E-state index in [9.17, 15) is 13.2 Å². The van der Waals surface area contributed by atoms with Gasteiger partial charge in [0.25, 0.3) is 0 Å². The number of anilines is 2. The second-order valence-electron chi connectivity index (χ2n) is 6.67. The lowest BCUT2D eigenvalue weighted by molar-refractivity contribution is -0.122. The predicted molar refractivity (Wildman–Crippen MR) is 104 cm³/mol. The first kappa shape index (κ1) is 18.3. The average Bonchev–Trinajstić information content (AvgIpc) is 3.39. The summed E-state index contributed by atoms with van der Waals surface area (Å²) in [6, 6.07) is 14.5. The van der Waals surface area contributed by atoms with Crippen LogP contribution in [-0.4, -0.2) is 26.6 Å². The van der Waals surface area contributed by atoms with Gasteiger partial charge in [-0.2, -0.15) is 0 Å². The van der Waals surface area contributed by atoms with Gasteiger partial charge in [0.05, 0.1) is 11.9 Å². The molecule has 1 aliphatic rings. The molecule has 0 bridgehead atoms. The van der Waals surface area contributed by atoms with Crippen molar-refractivity contribution in [3.8, 4) is 0 Å². The molecule has 0 aliphatic heterocycles. The smallest absolute Gasteiger partial charge is 0.247 e.